The van der Waals surface area contributed by atoms with E-state index in [1.807, 2.05) is 6.92 Å². The Morgan fingerprint density at radius 2 is 1.95 bits per heavy atom. The van der Waals surface area contributed by atoms with Crippen LogP contribution in [0.15, 0.2) is 23.1 Å². The Kier molecular flexibility index (Phi) is 5.21. The second-order valence-corrected chi connectivity index (χ2v) is 7.46. The summed E-state index contributed by atoms with van der Waals surface area (Å²) in [5, 5.41) is 0. The standard InChI is InChI=1S/C14H20N2O4S.ClH/c1-10-6-11(8-15)9-16(10)21(17,18)12-2-3-13-14(7-12)20-5-4-19-13;/h2-3,7,10-11H,4-6,8-9,15H2,1H3;1H. The van der Waals surface area contributed by atoms with Crippen LogP contribution in [-0.2, 0) is 10.0 Å². The first-order valence-electron chi connectivity index (χ1n) is 7.14. The molecule has 2 unspecified atom stereocenters. The van der Waals surface area contributed by atoms with Gasteiger partial charge in [0.1, 0.15) is 13.2 Å². The molecule has 8 heteroatoms. The summed E-state index contributed by atoms with van der Waals surface area (Å²) in [4.78, 5) is 0.247. The van der Waals surface area contributed by atoms with Gasteiger partial charge in [0.25, 0.3) is 0 Å². The second kappa shape index (κ2) is 6.62. The molecule has 0 bridgehead atoms. The van der Waals surface area contributed by atoms with Gasteiger partial charge in [0.15, 0.2) is 11.5 Å². The molecule has 22 heavy (non-hydrogen) atoms. The number of rotatable bonds is 3. The lowest BCUT2D eigenvalue weighted by atomic mass is 10.1. The maximum atomic E-state index is 12.8. The molecule has 0 aliphatic carbocycles. The van der Waals surface area contributed by atoms with Crippen molar-refractivity contribution in [3.05, 3.63) is 18.2 Å². The highest BCUT2D eigenvalue weighted by Crippen LogP contribution is 2.35. The van der Waals surface area contributed by atoms with Crippen LogP contribution >= 0.6 is 12.4 Å². The topological polar surface area (TPSA) is 81.9 Å². The molecule has 0 spiro atoms. The molecule has 0 saturated carbocycles. The first-order chi connectivity index (χ1) is 10.0. The van der Waals surface area contributed by atoms with Gasteiger partial charge in [-0.25, -0.2) is 8.42 Å². The monoisotopic (exact) mass is 348 g/mol. The van der Waals surface area contributed by atoms with E-state index in [0.717, 1.165) is 6.42 Å². The van der Waals surface area contributed by atoms with Gasteiger partial charge in [0, 0.05) is 18.7 Å². The second-order valence-electron chi connectivity index (χ2n) is 5.57. The van der Waals surface area contributed by atoms with Crippen LogP contribution in [-0.4, -0.2) is 45.1 Å². The minimum Gasteiger partial charge on any atom is -0.486 e. The summed E-state index contributed by atoms with van der Waals surface area (Å²) >= 11 is 0. The molecule has 6 nitrogen and oxygen atoms in total. The number of ether oxygens (including phenoxy) is 2. The van der Waals surface area contributed by atoms with Crippen molar-refractivity contribution in [1.82, 2.24) is 4.31 Å². The van der Waals surface area contributed by atoms with E-state index >= 15 is 0 Å². The average molecular weight is 349 g/mol. The zero-order valence-corrected chi connectivity index (χ0v) is 14.0. The average Bonchev–Trinajstić information content (AvgIpc) is 2.88. The molecule has 2 heterocycles. The van der Waals surface area contributed by atoms with Gasteiger partial charge in [0.05, 0.1) is 4.90 Å². The van der Waals surface area contributed by atoms with Crippen LogP contribution in [0.1, 0.15) is 13.3 Å². The molecule has 3 rings (SSSR count). The predicted molar refractivity (Wildman–Crippen MR) is 85.2 cm³/mol. The van der Waals surface area contributed by atoms with Crippen LogP contribution < -0.4 is 15.2 Å². The first kappa shape index (κ1) is 17.3. The number of hydrogen-bond donors (Lipinski definition) is 1. The summed E-state index contributed by atoms with van der Waals surface area (Å²) in [5.74, 6) is 1.31. The van der Waals surface area contributed by atoms with E-state index in [-0.39, 0.29) is 29.3 Å². The summed E-state index contributed by atoms with van der Waals surface area (Å²) in [7, 11) is -3.52. The summed E-state index contributed by atoms with van der Waals surface area (Å²) in [5.41, 5.74) is 5.67. The fourth-order valence-corrected chi connectivity index (χ4v) is 4.67. The normalized spacial score (nSPS) is 24.8. The van der Waals surface area contributed by atoms with Crippen molar-refractivity contribution in [2.24, 2.45) is 11.7 Å². The van der Waals surface area contributed by atoms with E-state index in [9.17, 15) is 8.42 Å². The van der Waals surface area contributed by atoms with Gasteiger partial charge >= 0.3 is 0 Å². The van der Waals surface area contributed by atoms with Crippen LogP contribution in [0, 0.1) is 5.92 Å². The Hall–Kier alpha value is -1.02. The summed E-state index contributed by atoms with van der Waals surface area (Å²) in [6.45, 7) is 3.84. The molecule has 2 N–H and O–H groups in total. The lowest BCUT2D eigenvalue weighted by molar-refractivity contribution is 0.171. The predicted octanol–water partition coefficient (Wildman–Crippen LogP) is 1.24. The molecule has 2 aliphatic heterocycles. The van der Waals surface area contributed by atoms with Gasteiger partial charge in [-0.15, -0.1) is 12.4 Å². The maximum absolute atomic E-state index is 12.8. The van der Waals surface area contributed by atoms with E-state index in [0.29, 0.717) is 37.8 Å². The molecule has 0 radical (unpaired) electrons. The lowest BCUT2D eigenvalue weighted by Gasteiger charge is -2.23. The Labute approximate surface area is 137 Å². The van der Waals surface area contributed by atoms with Gasteiger partial charge in [-0.3, -0.25) is 0 Å². The molecule has 0 amide bonds. The molecule has 1 aromatic rings. The molecule has 1 saturated heterocycles. The number of nitrogens with two attached hydrogens (primary N) is 1. The summed E-state index contributed by atoms with van der Waals surface area (Å²) in [6.07, 6.45) is 0.806. The molecular formula is C14H21ClN2O4S. The molecule has 124 valence electrons. The highest BCUT2D eigenvalue weighted by molar-refractivity contribution is 7.89. The lowest BCUT2D eigenvalue weighted by Crippen LogP contribution is -2.34. The zero-order chi connectivity index (χ0) is 15.0. The molecule has 2 aliphatic rings. The van der Waals surface area contributed by atoms with Crippen molar-refractivity contribution in [3.8, 4) is 11.5 Å². The largest absolute Gasteiger partial charge is 0.486 e. The minimum atomic E-state index is -3.52. The van der Waals surface area contributed by atoms with Gasteiger partial charge in [0.2, 0.25) is 10.0 Å². The van der Waals surface area contributed by atoms with Crippen molar-refractivity contribution in [2.75, 3.05) is 26.3 Å². The third kappa shape index (κ3) is 3.03. The fourth-order valence-electron chi connectivity index (χ4n) is 2.93. The fraction of sp³-hybridized carbons (Fsp3) is 0.571. The van der Waals surface area contributed by atoms with Crippen molar-refractivity contribution in [1.29, 1.82) is 0 Å². The van der Waals surface area contributed by atoms with E-state index < -0.39 is 10.0 Å². The first-order valence-corrected chi connectivity index (χ1v) is 8.58. The minimum absolute atomic E-state index is 0. The van der Waals surface area contributed by atoms with Gasteiger partial charge in [-0.05, 0) is 37.9 Å². The third-order valence-corrected chi connectivity index (χ3v) is 6.03. The van der Waals surface area contributed by atoms with Crippen molar-refractivity contribution in [3.63, 3.8) is 0 Å². The van der Waals surface area contributed by atoms with Crippen molar-refractivity contribution < 1.29 is 17.9 Å². The highest BCUT2D eigenvalue weighted by atomic mass is 35.5. The molecule has 1 aromatic carbocycles. The smallest absolute Gasteiger partial charge is 0.243 e. The molecule has 0 aromatic heterocycles. The Bertz CT molecular complexity index is 638. The quantitative estimate of drug-likeness (QED) is 0.888. The van der Waals surface area contributed by atoms with E-state index in [1.54, 1.807) is 18.2 Å². The summed E-state index contributed by atoms with van der Waals surface area (Å²) < 4.78 is 38.0. The summed E-state index contributed by atoms with van der Waals surface area (Å²) in [6, 6.07) is 4.75. The molecule has 2 atom stereocenters. The molecule has 1 fully saturated rings. The number of benzene rings is 1. The number of sulfonamides is 1. The number of fused-ring (bicyclic) bond motifs is 1. The zero-order valence-electron chi connectivity index (χ0n) is 12.4. The van der Waals surface area contributed by atoms with Crippen LogP contribution in [0.3, 0.4) is 0 Å². The Morgan fingerprint density at radius 1 is 1.27 bits per heavy atom. The van der Waals surface area contributed by atoms with E-state index in [4.69, 9.17) is 15.2 Å². The number of nitrogens with zero attached hydrogens (tertiary/aromatic N) is 1. The SMILES string of the molecule is CC1CC(CN)CN1S(=O)(=O)c1ccc2c(c1)OCCO2.Cl. The van der Waals surface area contributed by atoms with Crippen LogP contribution in [0.4, 0.5) is 0 Å². The Morgan fingerprint density at radius 3 is 2.59 bits per heavy atom. The van der Waals surface area contributed by atoms with Crippen LogP contribution in [0.2, 0.25) is 0 Å². The number of hydrogen-bond acceptors (Lipinski definition) is 5. The highest BCUT2D eigenvalue weighted by Gasteiger charge is 2.37. The van der Waals surface area contributed by atoms with E-state index in [1.165, 1.54) is 4.31 Å². The van der Waals surface area contributed by atoms with Crippen LogP contribution in [0.25, 0.3) is 0 Å². The third-order valence-electron chi connectivity index (χ3n) is 4.06. The van der Waals surface area contributed by atoms with Crippen LogP contribution in [0.5, 0.6) is 11.5 Å². The molecular weight excluding hydrogens is 328 g/mol. The Balaban J connectivity index is 0.00000176. The van der Waals surface area contributed by atoms with Gasteiger partial charge in [-0.2, -0.15) is 4.31 Å². The van der Waals surface area contributed by atoms with Crippen molar-refractivity contribution in [2.45, 2.75) is 24.3 Å². The number of halogens is 1. The van der Waals surface area contributed by atoms with Crippen molar-refractivity contribution >= 4 is 22.4 Å². The maximum Gasteiger partial charge on any atom is 0.243 e. The van der Waals surface area contributed by atoms with E-state index in [2.05, 4.69) is 0 Å². The van der Waals surface area contributed by atoms with Gasteiger partial charge < -0.3 is 15.2 Å². The van der Waals surface area contributed by atoms with Gasteiger partial charge in [-0.1, -0.05) is 0 Å².